The SMILES string of the molecule is COc1cc(-c2nnc(SCc3ccc(Cl)cc3Cl)n2-c2ccc(Cl)cc2)cc(OC)c1OC. The first-order valence-electron chi connectivity index (χ1n) is 10.0. The van der Waals surface area contributed by atoms with E-state index in [1.165, 1.54) is 11.8 Å². The highest BCUT2D eigenvalue weighted by molar-refractivity contribution is 7.98. The molecular formula is C24H20Cl3N3O3S. The standard InChI is InChI=1S/C24H20Cl3N3O3S/c1-31-20-10-15(11-21(32-2)22(20)33-3)23-28-29-24(30(23)18-8-6-16(25)7-9-18)34-13-14-4-5-17(26)12-19(14)27/h4-12H,13H2,1-3H3. The number of benzene rings is 3. The number of rotatable bonds is 8. The Kier molecular flexibility index (Phi) is 7.78. The van der Waals surface area contributed by atoms with Crippen LogP contribution in [0.5, 0.6) is 17.2 Å². The van der Waals surface area contributed by atoms with E-state index in [1.54, 1.807) is 27.4 Å². The van der Waals surface area contributed by atoms with Crippen molar-refractivity contribution < 1.29 is 14.2 Å². The van der Waals surface area contributed by atoms with Gasteiger partial charge in [0.1, 0.15) is 0 Å². The molecule has 34 heavy (non-hydrogen) atoms. The fourth-order valence-corrected chi connectivity index (χ4v) is 5.00. The largest absolute Gasteiger partial charge is 0.493 e. The zero-order valence-corrected chi connectivity index (χ0v) is 21.6. The highest BCUT2D eigenvalue weighted by atomic mass is 35.5. The van der Waals surface area contributed by atoms with E-state index in [4.69, 9.17) is 49.0 Å². The van der Waals surface area contributed by atoms with Crippen molar-refractivity contribution in [3.63, 3.8) is 0 Å². The number of hydrogen-bond donors (Lipinski definition) is 0. The predicted octanol–water partition coefficient (Wildman–Crippen LogP) is 7.21. The maximum Gasteiger partial charge on any atom is 0.203 e. The molecule has 0 bridgehead atoms. The van der Waals surface area contributed by atoms with E-state index in [1.807, 2.05) is 53.1 Å². The van der Waals surface area contributed by atoms with E-state index in [2.05, 4.69) is 10.2 Å². The van der Waals surface area contributed by atoms with Crippen molar-refractivity contribution in [3.05, 3.63) is 75.2 Å². The highest BCUT2D eigenvalue weighted by Gasteiger charge is 2.21. The van der Waals surface area contributed by atoms with Gasteiger partial charge in [-0.2, -0.15) is 0 Å². The minimum atomic E-state index is 0.498. The monoisotopic (exact) mass is 535 g/mol. The lowest BCUT2D eigenvalue weighted by Gasteiger charge is -2.15. The van der Waals surface area contributed by atoms with Crippen LogP contribution in [0, 0.1) is 0 Å². The van der Waals surface area contributed by atoms with Crippen molar-refractivity contribution in [3.8, 4) is 34.3 Å². The number of hydrogen-bond acceptors (Lipinski definition) is 6. The van der Waals surface area contributed by atoms with Gasteiger partial charge in [-0.15, -0.1) is 10.2 Å². The minimum Gasteiger partial charge on any atom is -0.493 e. The second kappa shape index (κ2) is 10.8. The van der Waals surface area contributed by atoms with Gasteiger partial charge >= 0.3 is 0 Å². The Hall–Kier alpha value is -2.58. The van der Waals surface area contributed by atoms with E-state index in [-0.39, 0.29) is 0 Å². The van der Waals surface area contributed by atoms with E-state index in [0.29, 0.717) is 49.1 Å². The summed E-state index contributed by atoms with van der Waals surface area (Å²) in [6, 6.07) is 16.6. The van der Waals surface area contributed by atoms with Crippen LogP contribution in [0.15, 0.2) is 59.8 Å². The van der Waals surface area contributed by atoms with Crippen LogP contribution in [-0.2, 0) is 5.75 Å². The van der Waals surface area contributed by atoms with Crippen LogP contribution in [0.25, 0.3) is 17.1 Å². The van der Waals surface area contributed by atoms with E-state index < -0.39 is 0 Å². The van der Waals surface area contributed by atoms with Crippen LogP contribution < -0.4 is 14.2 Å². The molecule has 1 heterocycles. The Morgan fingerprint density at radius 2 is 1.44 bits per heavy atom. The smallest absolute Gasteiger partial charge is 0.203 e. The van der Waals surface area contributed by atoms with Gasteiger partial charge in [0.15, 0.2) is 22.5 Å². The Labute approximate surface area is 216 Å². The number of nitrogens with zero attached hydrogens (tertiary/aromatic N) is 3. The first kappa shape index (κ1) is 24.5. The van der Waals surface area contributed by atoms with Gasteiger partial charge < -0.3 is 14.2 Å². The third-order valence-electron chi connectivity index (χ3n) is 5.01. The second-order valence-electron chi connectivity index (χ2n) is 7.06. The predicted molar refractivity (Wildman–Crippen MR) is 137 cm³/mol. The Bertz CT molecular complexity index is 1290. The molecule has 3 aromatic carbocycles. The lowest BCUT2D eigenvalue weighted by molar-refractivity contribution is 0.324. The third-order valence-corrected chi connectivity index (χ3v) is 6.83. The number of thioether (sulfide) groups is 1. The molecule has 176 valence electrons. The number of ether oxygens (including phenoxy) is 3. The van der Waals surface area contributed by atoms with E-state index in [9.17, 15) is 0 Å². The first-order valence-corrected chi connectivity index (χ1v) is 12.2. The Balaban J connectivity index is 1.81. The Morgan fingerprint density at radius 3 is 2.03 bits per heavy atom. The topological polar surface area (TPSA) is 58.4 Å². The highest BCUT2D eigenvalue weighted by Crippen LogP contribution is 2.42. The van der Waals surface area contributed by atoms with Gasteiger partial charge in [-0.3, -0.25) is 4.57 Å². The number of aromatic nitrogens is 3. The lowest BCUT2D eigenvalue weighted by atomic mass is 10.1. The van der Waals surface area contributed by atoms with Crippen LogP contribution in [0.2, 0.25) is 15.1 Å². The molecule has 0 radical (unpaired) electrons. The van der Waals surface area contributed by atoms with Gasteiger partial charge in [-0.1, -0.05) is 52.6 Å². The van der Waals surface area contributed by atoms with Gasteiger partial charge in [0.05, 0.1) is 21.3 Å². The molecule has 0 aliphatic heterocycles. The maximum absolute atomic E-state index is 6.37. The van der Waals surface area contributed by atoms with Crippen molar-refractivity contribution in [1.29, 1.82) is 0 Å². The second-order valence-corrected chi connectivity index (χ2v) is 9.28. The molecule has 6 nitrogen and oxygen atoms in total. The van der Waals surface area contributed by atoms with Gasteiger partial charge in [-0.05, 0) is 54.1 Å². The van der Waals surface area contributed by atoms with Gasteiger partial charge in [0.25, 0.3) is 0 Å². The van der Waals surface area contributed by atoms with Gasteiger partial charge in [0, 0.05) is 32.1 Å². The first-order chi connectivity index (χ1) is 16.4. The summed E-state index contributed by atoms with van der Waals surface area (Å²) in [6.07, 6.45) is 0. The normalized spacial score (nSPS) is 10.9. The number of methoxy groups -OCH3 is 3. The fraction of sp³-hybridized carbons (Fsp3) is 0.167. The summed E-state index contributed by atoms with van der Waals surface area (Å²) >= 11 is 20.0. The molecule has 0 fully saturated rings. The maximum atomic E-state index is 6.37. The van der Waals surface area contributed by atoms with Crippen LogP contribution in [0.1, 0.15) is 5.56 Å². The van der Waals surface area contributed by atoms with Crippen molar-refractivity contribution in [2.45, 2.75) is 10.9 Å². The van der Waals surface area contributed by atoms with Gasteiger partial charge in [0.2, 0.25) is 5.75 Å². The zero-order chi connectivity index (χ0) is 24.2. The lowest BCUT2D eigenvalue weighted by Crippen LogP contribution is -2.01. The fourth-order valence-electron chi connectivity index (χ4n) is 3.36. The van der Waals surface area contributed by atoms with E-state index in [0.717, 1.165) is 16.8 Å². The van der Waals surface area contributed by atoms with Crippen molar-refractivity contribution in [2.75, 3.05) is 21.3 Å². The van der Waals surface area contributed by atoms with Crippen LogP contribution in [0.3, 0.4) is 0 Å². The summed E-state index contributed by atoms with van der Waals surface area (Å²) < 4.78 is 18.5. The summed E-state index contributed by atoms with van der Waals surface area (Å²) in [5.41, 5.74) is 2.53. The quantitative estimate of drug-likeness (QED) is 0.222. The summed E-state index contributed by atoms with van der Waals surface area (Å²) in [5, 5.41) is 11.5. The molecule has 0 aliphatic rings. The Morgan fingerprint density at radius 1 is 0.794 bits per heavy atom. The molecule has 0 saturated carbocycles. The molecule has 0 saturated heterocycles. The molecule has 0 amide bonds. The summed E-state index contributed by atoms with van der Waals surface area (Å²) in [7, 11) is 4.71. The van der Waals surface area contributed by atoms with E-state index >= 15 is 0 Å². The molecule has 10 heteroatoms. The van der Waals surface area contributed by atoms with Crippen molar-refractivity contribution in [2.24, 2.45) is 0 Å². The summed E-state index contributed by atoms with van der Waals surface area (Å²) in [6.45, 7) is 0. The van der Waals surface area contributed by atoms with Crippen LogP contribution in [-0.4, -0.2) is 36.1 Å². The number of halogens is 3. The molecule has 0 atom stereocenters. The summed E-state index contributed by atoms with van der Waals surface area (Å²) in [4.78, 5) is 0. The van der Waals surface area contributed by atoms with Crippen molar-refractivity contribution >= 4 is 46.6 Å². The zero-order valence-electron chi connectivity index (χ0n) is 18.5. The average Bonchev–Trinajstić information content (AvgIpc) is 3.26. The minimum absolute atomic E-state index is 0.498. The van der Waals surface area contributed by atoms with Crippen LogP contribution >= 0.6 is 46.6 Å². The van der Waals surface area contributed by atoms with Crippen LogP contribution in [0.4, 0.5) is 0 Å². The summed E-state index contributed by atoms with van der Waals surface area (Å²) in [5.74, 6) is 2.72. The van der Waals surface area contributed by atoms with Crippen molar-refractivity contribution in [1.82, 2.24) is 14.8 Å². The molecule has 4 rings (SSSR count). The average molecular weight is 537 g/mol. The van der Waals surface area contributed by atoms with Gasteiger partial charge in [-0.25, -0.2) is 0 Å². The molecular weight excluding hydrogens is 517 g/mol. The molecule has 4 aromatic rings. The molecule has 0 spiro atoms. The molecule has 0 N–H and O–H groups in total. The molecule has 0 aliphatic carbocycles. The molecule has 1 aromatic heterocycles. The third kappa shape index (κ3) is 5.08. The molecule has 0 unspecified atom stereocenters.